The Bertz CT molecular complexity index is 791. The summed E-state index contributed by atoms with van der Waals surface area (Å²) in [4.78, 5) is 37.6. The Morgan fingerprint density at radius 2 is 1.78 bits per heavy atom. The van der Waals surface area contributed by atoms with Gasteiger partial charge in [-0.3, -0.25) is 9.69 Å². The first-order valence-electron chi connectivity index (χ1n) is 11.1. The molecule has 0 aliphatic carbocycles. The highest BCUT2D eigenvalue weighted by Gasteiger charge is 2.22. The Morgan fingerprint density at radius 3 is 2.38 bits per heavy atom. The lowest BCUT2D eigenvalue weighted by Gasteiger charge is -2.31. The molecule has 1 saturated heterocycles. The number of hydrogen-bond donors (Lipinski definition) is 2. The van der Waals surface area contributed by atoms with E-state index >= 15 is 0 Å². The number of likely N-dealkylation sites (tertiary alicyclic amines) is 1. The van der Waals surface area contributed by atoms with Gasteiger partial charge in [0, 0.05) is 18.3 Å². The van der Waals surface area contributed by atoms with Crippen LogP contribution in [-0.2, 0) is 19.1 Å². The molecular weight excluding hydrogens is 410 g/mol. The molecule has 0 radical (unpaired) electrons. The molecule has 8 heteroatoms. The van der Waals surface area contributed by atoms with Gasteiger partial charge in [-0.1, -0.05) is 12.1 Å². The number of carbonyl (C=O) groups excluding carboxylic acids is 3. The summed E-state index contributed by atoms with van der Waals surface area (Å²) in [5, 5.41) is 5.74. The standard InChI is InChI=1S/C24H35N3O5/c1-5-31-22(29)11-8-18-6-9-20(10-7-18)26-21(28)17-27-14-12-19(13-15-27)16-25-23(30)32-24(2,3)4/h6-11,19H,5,12-17H2,1-4H3,(H,25,30)(H,26,28)/b11-8+. The van der Waals surface area contributed by atoms with Gasteiger partial charge in [0.2, 0.25) is 5.91 Å². The summed E-state index contributed by atoms with van der Waals surface area (Å²) in [6, 6.07) is 7.26. The smallest absolute Gasteiger partial charge is 0.407 e. The predicted molar refractivity (Wildman–Crippen MR) is 124 cm³/mol. The summed E-state index contributed by atoms with van der Waals surface area (Å²) in [5.41, 5.74) is 1.05. The van der Waals surface area contributed by atoms with Gasteiger partial charge in [0.1, 0.15) is 5.60 Å². The summed E-state index contributed by atoms with van der Waals surface area (Å²) in [6.45, 7) is 10.2. The van der Waals surface area contributed by atoms with Crippen LogP contribution >= 0.6 is 0 Å². The normalized spacial score (nSPS) is 15.4. The van der Waals surface area contributed by atoms with Gasteiger partial charge in [-0.05, 0) is 83.3 Å². The van der Waals surface area contributed by atoms with Gasteiger partial charge in [-0.25, -0.2) is 9.59 Å². The van der Waals surface area contributed by atoms with E-state index in [0.29, 0.717) is 31.3 Å². The quantitative estimate of drug-likeness (QED) is 0.470. The Morgan fingerprint density at radius 1 is 1.12 bits per heavy atom. The van der Waals surface area contributed by atoms with Crippen molar-refractivity contribution in [2.75, 3.05) is 38.1 Å². The van der Waals surface area contributed by atoms with E-state index in [9.17, 15) is 14.4 Å². The SMILES string of the molecule is CCOC(=O)/C=C/c1ccc(NC(=O)CN2CCC(CNC(=O)OC(C)(C)C)CC2)cc1. The maximum absolute atomic E-state index is 12.4. The molecule has 32 heavy (non-hydrogen) atoms. The number of carbonyl (C=O) groups is 3. The third-order valence-corrected chi connectivity index (χ3v) is 4.90. The Labute approximate surface area is 190 Å². The van der Waals surface area contributed by atoms with Gasteiger partial charge in [0.25, 0.3) is 0 Å². The molecule has 2 N–H and O–H groups in total. The second kappa shape index (κ2) is 12.2. The number of nitrogens with one attached hydrogen (secondary N) is 2. The first kappa shape index (κ1) is 25.4. The molecule has 1 fully saturated rings. The van der Waals surface area contributed by atoms with Gasteiger partial charge in [-0.2, -0.15) is 0 Å². The third kappa shape index (κ3) is 9.96. The molecule has 176 valence electrons. The van der Waals surface area contributed by atoms with E-state index in [4.69, 9.17) is 9.47 Å². The molecule has 2 amide bonds. The summed E-state index contributed by atoms with van der Waals surface area (Å²) in [7, 11) is 0. The van der Waals surface area contributed by atoms with E-state index in [1.165, 1.54) is 6.08 Å². The van der Waals surface area contributed by atoms with Crippen molar-refractivity contribution in [2.45, 2.75) is 46.1 Å². The van der Waals surface area contributed by atoms with E-state index in [2.05, 4.69) is 15.5 Å². The highest BCUT2D eigenvalue weighted by atomic mass is 16.6. The number of piperidine rings is 1. The van der Waals surface area contributed by atoms with Crippen molar-refractivity contribution >= 4 is 29.7 Å². The lowest BCUT2D eigenvalue weighted by atomic mass is 9.97. The number of anilines is 1. The van der Waals surface area contributed by atoms with Crippen molar-refractivity contribution in [1.82, 2.24) is 10.2 Å². The molecule has 8 nitrogen and oxygen atoms in total. The molecule has 1 aromatic rings. The lowest BCUT2D eigenvalue weighted by molar-refractivity contribution is -0.137. The fourth-order valence-electron chi connectivity index (χ4n) is 3.33. The number of hydrogen-bond acceptors (Lipinski definition) is 6. The highest BCUT2D eigenvalue weighted by molar-refractivity contribution is 5.92. The van der Waals surface area contributed by atoms with Crippen molar-refractivity contribution < 1.29 is 23.9 Å². The van der Waals surface area contributed by atoms with Crippen molar-refractivity contribution in [3.05, 3.63) is 35.9 Å². The summed E-state index contributed by atoms with van der Waals surface area (Å²) in [6.07, 6.45) is 4.51. The zero-order valence-corrected chi connectivity index (χ0v) is 19.5. The van der Waals surface area contributed by atoms with E-state index in [0.717, 1.165) is 31.5 Å². The fraction of sp³-hybridized carbons (Fsp3) is 0.542. The molecule has 0 spiro atoms. The van der Waals surface area contributed by atoms with Crippen molar-refractivity contribution in [3.8, 4) is 0 Å². The van der Waals surface area contributed by atoms with Crippen LogP contribution in [0.1, 0.15) is 46.1 Å². The van der Waals surface area contributed by atoms with Gasteiger partial charge in [0.05, 0.1) is 13.2 Å². The zero-order valence-electron chi connectivity index (χ0n) is 19.5. The van der Waals surface area contributed by atoms with Crippen LogP contribution in [0.15, 0.2) is 30.3 Å². The Kier molecular flexibility index (Phi) is 9.71. The Balaban J connectivity index is 1.69. The molecular formula is C24H35N3O5. The fourth-order valence-corrected chi connectivity index (χ4v) is 3.33. The van der Waals surface area contributed by atoms with Gasteiger partial charge in [-0.15, -0.1) is 0 Å². The lowest BCUT2D eigenvalue weighted by Crippen LogP contribution is -2.42. The van der Waals surface area contributed by atoms with Crippen molar-refractivity contribution in [1.29, 1.82) is 0 Å². The average molecular weight is 446 g/mol. The van der Waals surface area contributed by atoms with Crippen LogP contribution in [0.5, 0.6) is 0 Å². The van der Waals surface area contributed by atoms with Crippen LogP contribution in [0, 0.1) is 5.92 Å². The van der Waals surface area contributed by atoms with Gasteiger partial charge in [0.15, 0.2) is 0 Å². The third-order valence-electron chi connectivity index (χ3n) is 4.90. The van der Waals surface area contributed by atoms with Crippen molar-refractivity contribution in [3.63, 3.8) is 0 Å². The van der Waals surface area contributed by atoms with Crippen LogP contribution in [-0.4, -0.2) is 61.3 Å². The number of ether oxygens (including phenoxy) is 2. The summed E-state index contributed by atoms with van der Waals surface area (Å²) >= 11 is 0. The highest BCUT2D eigenvalue weighted by Crippen LogP contribution is 2.17. The predicted octanol–water partition coefficient (Wildman–Crippen LogP) is 3.44. The van der Waals surface area contributed by atoms with Crippen molar-refractivity contribution in [2.24, 2.45) is 5.92 Å². The average Bonchev–Trinajstić information content (AvgIpc) is 2.72. The maximum atomic E-state index is 12.4. The molecule has 0 bridgehead atoms. The molecule has 1 aliphatic heterocycles. The Hall–Kier alpha value is -2.87. The zero-order chi connectivity index (χ0) is 23.6. The van der Waals surface area contributed by atoms with E-state index < -0.39 is 5.60 Å². The van der Waals surface area contributed by atoms with Crippen LogP contribution in [0.3, 0.4) is 0 Å². The van der Waals surface area contributed by atoms with Crippen LogP contribution < -0.4 is 10.6 Å². The van der Waals surface area contributed by atoms with Gasteiger partial charge < -0.3 is 20.1 Å². The maximum Gasteiger partial charge on any atom is 0.407 e. The summed E-state index contributed by atoms with van der Waals surface area (Å²) < 4.78 is 10.1. The minimum atomic E-state index is -0.500. The molecule has 0 unspecified atom stereocenters. The minimum Gasteiger partial charge on any atom is -0.463 e. The number of alkyl carbamates (subject to hydrolysis) is 1. The second-order valence-electron chi connectivity index (χ2n) is 8.86. The number of amides is 2. The summed E-state index contributed by atoms with van der Waals surface area (Å²) in [5.74, 6) is -0.0588. The molecule has 2 rings (SSSR count). The number of benzene rings is 1. The molecule has 1 aliphatic rings. The topological polar surface area (TPSA) is 97.0 Å². The molecule has 1 aromatic carbocycles. The van der Waals surface area contributed by atoms with Gasteiger partial charge >= 0.3 is 12.1 Å². The molecule has 1 heterocycles. The van der Waals surface area contributed by atoms with E-state index in [-0.39, 0.29) is 18.0 Å². The minimum absolute atomic E-state index is 0.0647. The molecule has 0 atom stereocenters. The van der Waals surface area contributed by atoms with E-state index in [1.807, 2.05) is 32.9 Å². The van der Waals surface area contributed by atoms with Crippen LogP contribution in [0.25, 0.3) is 6.08 Å². The number of rotatable bonds is 8. The second-order valence-corrected chi connectivity index (χ2v) is 8.86. The molecule has 0 saturated carbocycles. The first-order valence-corrected chi connectivity index (χ1v) is 11.1. The molecule has 0 aromatic heterocycles. The number of esters is 1. The monoisotopic (exact) mass is 445 g/mol. The van der Waals surface area contributed by atoms with Crippen LogP contribution in [0.4, 0.5) is 10.5 Å². The van der Waals surface area contributed by atoms with E-state index in [1.54, 1.807) is 25.1 Å². The largest absolute Gasteiger partial charge is 0.463 e. The van der Waals surface area contributed by atoms with Crippen LogP contribution in [0.2, 0.25) is 0 Å². The first-order chi connectivity index (χ1) is 15.1. The number of nitrogens with zero attached hydrogens (tertiary/aromatic N) is 1.